The summed E-state index contributed by atoms with van der Waals surface area (Å²) in [6, 6.07) is 9.67. The van der Waals surface area contributed by atoms with Crippen LogP contribution in [0.4, 0.5) is 0 Å². The van der Waals surface area contributed by atoms with Crippen LogP contribution in [0.5, 0.6) is 0 Å². The summed E-state index contributed by atoms with van der Waals surface area (Å²) in [5, 5.41) is 9.67. The lowest BCUT2D eigenvalue weighted by Crippen LogP contribution is -2.34. The molecule has 0 spiro atoms. The number of benzene rings is 1. The van der Waals surface area contributed by atoms with Gasteiger partial charge in [0.15, 0.2) is 0 Å². The Bertz CT molecular complexity index is 383. The third kappa shape index (κ3) is 2.49. The predicted octanol–water partition coefficient (Wildman–Crippen LogP) is 1.62. The van der Waals surface area contributed by atoms with Crippen molar-refractivity contribution >= 4 is 12.0 Å². The third-order valence-corrected chi connectivity index (χ3v) is 2.64. The first-order valence-corrected chi connectivity index (χ1v) is 5.35. The Morgan fingerprint density at radius 1 is 1.31 bits per heavy atom. The van der Waals surface area contributed by atoms with E-state index < -0.39 is 12.0 Å². The van der Waals surface area contributed by atoms with E-state index in [1.807, 2.05) is 36.4 Å². The van der Waals surface area contributed by atoms with E-state index in [0.29, 0.717) is 13.0 Å². The van der Waals surface area contributed by atoms with Gasteiger partial charge in [0.1, 0.15) is 5.92 Å². The summed E-state index contributed by atoms with van der Waals surface area (Å²) in [7, 11) is 0. The number of aliphatic hydroxyl groups is 1. The first-order chi connectivity index (χ1) is 7.77. The molecule has 1 aromatic carbocycles. The van der Waals surface area contributed by atoms with E-state index in [4.69, 9.17) is 4.74 Å². The highest BCUT2D eigenvalue weighted by Crippen LogP contribution is 2.18. The second-order valence-electron chi connectivity index (χ2n) is 3.82. The molecule has 0 radical (unpaired) electrons. The number of aliphatic hydroxyl groups excluding tert-OH is 1. The summed E-state index contributed by atoms with van der Waals surface area (Å²) in [5.41, 5.74) is 1.01. The molecule has 1 N–H and O–H groups in total. The van der Waals surface area contributed by atoms with E-state index in [-0.39, 0.29) is 5.97 Å². The number of rotatable bonds is 2. The van der Waals surface area contributed by atoms with Crippen LogP contribution in [0, 0.1) is 5.92 Å². The Morgan fingerprint density at radius 3 is 2.75 bits per heavy atom. The molecule has 0 saturated carbocycles. The molecule has 0 amide bonds. The van der Waals surface area contributed by atoms with E-state index in [1.54, 1.807) is 6.08 Å². The van der Waals surface area contributed by atoms with Crippen LogP contribution in [0.2, 0.25) is 0 Å². The summed E-state index contributed by atoms with van der Waals surface area (Å²) in [5.74, 6) is -0.875. The molecule has 1 fully saturated rings. The first kappa shape index (κ1) is 10.9. The van der Waals surface area contributed by atoms with Crippen LogP contribution >= 0.6 is 0 Å². The minimum absolute atomic E-state index is 0.315. The Morgan fingerprint density at radius 2 is 2.06 bits per heavy atom. The fourth-order valence-corrected chi connectivity index (χ4v) is 1.70. The zero-order valence-electron chi connectivity index (χ0n) is 8.87. The van der Waals surface area contributed by atoms with Gasteiger partial charge in [-0.1, -0.05) is 42.5 Å². The second-order valence-corrected chi connectivity index (χ2v) is 3.82. The number of ether oxygens (including phenoxy) is 1. The molecule has 1 aromatic rings. The van der Waals surface area contributed by atoms with Gasteiger partial charge >= 0.3 is 5.97 Å². The summed E-state index contributed by atoms with van der Waals surface area (Å²) in [4.78, 5) is 11.4. The molecular weight excluding hydrogens is 204 g/mol. The molecule has 2 unspecified atom stereocenters. The van der Waals surface area contributed by atoms with Crippen LogP contribution in [0.25, 0.3) is 6.08 Å². The van der Waals surface area contributed by atoms with Gasteiger partial charge in [0.05, 0.1) is 12.7 Å². The topological polar surface area (TPSA) is 46.5 Å². The summed E-state index contributed by atoms with van der Waals surface area (Å²) in [6.45, 7) is 0.315. The summed E-state index contributed by atoms with van der Waals surface area (Å²) >= 11 is 0. The zero-order valence-corrected chi connectivity index (χ0v) is 8.87. The van der Waals surface area contributed by atoms with Gasteiger partial charge < -0.3 is 9.84 Å². The number of carbonyl (C=O) groups excluding carboxylic acids is 1. The van der Waals surface area contributed by atoms with Crippen molar-refractivity contribution in [1.29, 1.82) is 0 Å². The molecule has 3 heteroatoms. The molecule has 0 aromatic heterocycles. The van der Waals surface area contributed by atoms with Gasteiger partial charge in [-0.25, -0.2) is 0 Å². The highest BCUT2D eigenvalue weighted by molar-refractivity contribution is 5.77. The Kier molecular flexibility index (Phi) is 3.37. The van der Waals surface area contributed by atoms with Crippen molar-refractivity contribution in [3.05, 3.63) is 42.0 Å². The van der Waals surface area contributed by atoms with Gasteiger partial charge in [0.2, 0.25) is 0 Å². The third-order valence-electron chi connectivity index (χ3n) is 2.64. The lowest BCUT2D eigenvalue weighted by Gasteiger charge is -2.23. The van der Waals surface area contributed by atoms with E-state index in [9.17, 15) is 9.90 Å². The molecule has 0 bridgehead atoms. The molecule has 2 rings (SSSR count). The van der Waals surface area contributed by atoms with Gasteiger partial charge in [-0.05, 0) is 5.56 Å². The van der Waals surface area contributed by atoms with Gasteiger partial charge in [-0.3, -0.25) is 4.79 Å². The average molecular weight is 218 g/mol. The molecule has 16 heavy (non-hydrogen) atoms. The van der Waals surface area contributed by atoms with Gasteiger partial charge in [0, 0.05) is 6.42 Å². The zero-order chi connectivity index (χ0) is 11.4. The second kappa shape index (κ2) is 4.94. The van der Waals surface area contributed by atoms with Gasteiger partial charge in [0.25, 0.3) is 0 Å². The van der Waals surface area contributed by atoms with Crippen LogP contribution in [0.1, 0.15) is 12.0 Å². The van der Waals surface area contributed by atoms with E-state index in [2.05, 4.69) is 0 Å². The predicted molar refractivity (Wildman–Crippen MR) is 60.5 cm³/mol. The molecule has 3 nitrogen and oxygen atoms in total. The highest BCUT2D eigenvalue weighted by Gasteiger charge is 2.29. The summed E-state index contributed by atoms with van der Waals surface area (Å²) in [6.07, 6.45) is 3.43. The quantitative estimate of drug-likeness (QED) is 0.767. The number of carbonyl (C=O) groups is 1. The summed E-state index contributed by atoms with van der Waals surface area (Å²) < 4.78 is 4.90. The van der Waals surface area contributed by atoms with Crippen molar-refractivity contribution < 1.29 is 14.6 Å². The maximum Gasteiger partial charge on any atom is 0.315 e. The molecule has 1 aliphatic heterocycles. The smallest absolute Gasteiger partial charge is 0.315 e. The number of esters is 1. The highest BCUT2D eigenvalue weighted by atomic mass is 16.5. The van der Waals surface area contributed by atoms with E-state index in [0.717, 1.165) is 5.56 Å². The van der Waals surface area contributed by atoms with Crippen LogP contribution in [0.15, 0.2) is 36.4 Å². The van der Waals surface area contributed by atoms with Crippen LogP contribution < -0.4 is 0 Å². The van der Waals surface area contributed by atoms with Crippen molar-refractivity contribution in [3.8, 4) is 0 Å². The van der Waals surface area contributed by atoms with Crippen LogP contribution in [0.3, 0.4) is 0 Å². The average Bonchev–Trinajstić information content (AvgIpc) is 2.30. The number of cyclic esters (lactones) is 1. The fraction of sp³-hybridized carbons (Fsp3) is 0.308. The normalized spacial score (nSPS) is 25.7. The van der Waals surface area contributed by atoms with Gasteiger partial charge in [-0.2, -0.15) is 0 Å². The first-order valence-electron chi connectivity index (χ1n) is 5.35. The largest absolute Gasteiger partial charge is 0.465 e. The number of hydrogen-bond donors (Lipinski definition) is 1. The maximum absolute atomic E-state index is 11.4. The Hall–Kier alpha value is -1.61. The maximum atomic E-state index is 11.4. The molecule has 2 atom stereocenters. The Balaban J connectivity index is 2.08. The molecular formula is C13H14O3. The lowest BCUT2D eigenvalue weighted by molar-refractivity contribution is -0.157. The van der Waals surface area contributed by atoms with Crippen molar-refractivity contribution in [2.45, 2.75) is 12.5 Å². The Labute approximate surface area is 94.4 Å². The minimum atomic E-state index is -0.624. The molecule has 1 heterocycles. The molecule has 84 valence electrons. The van der Waals surface area contributed by atoms with E-state index >= 15 is 0 Å². The van der Waals surface area contributed by atoms with Crippen molar-refractivity contribution in [2.24, 2.45) is 5.92 Å². The lowest BCUT2D eigenvalue weighted by atomic mass is 9.96. The minimum Gasteiger partial charge on any atom is -0.465 e. The SMILES string of the molecule is O=C1OCCC(O)C1/C=C/c1ccccc1. The molecule has 1 saturated heterocycles. The van der Waals surface area contributed by atoms with Crippen LogP contribution in [-0.4, -0.2) is 23.8 Å². The van der Waals surface area contributed by atoms with Crippen molar-refractivity contribution in [3.63, 3.8) is 0 Å². The fourth-order valence-electron chi connectivity index (χ4n) is 1.70. The monoisotopic (exact) mass is 218 g/mol. The molecule has 0 aliphatic carbocycles. The van der Waals surface area contributed by atoms with E-state index in [1.165, 1.54) is 0 Å². The standard InChI is InChI=1S/C13H14O3/c14-12-8-9-16-13(15)11(12)7-6-10-4-2-1-3-5-10/h1-7,11-12,14H,8-9H2/b7-6+. The van der Waals surface area contributed by atoms with Gasteiger partial charge in [-0.15, -0.1) is 0 Å². The molecule has 1 aliphatic rings. The van der Waals surface area contributed by atoms with Crippen molar-refractivity contribution in [2.75, 3.05) is 6.61 Å². The van der Waals surface area contributed by atoms with Crippen LogP contribution in [-0.2, 0) is 9.53 Å². The number of hydrogen-bond acceptors (Lipinski definition) is 3. The van der Waals surface area contributed by atoms with Crippen molar-refractivity contribution in [1.82, 2.24) is 0 Å².